The number of likely N-dealkylation sites (tertiary alicyclic amines) is 1. The first-order chi connectivity index (χ1) is 17.2. The lowest BCUT2D eigenvalue weighted by molar-refractivity contribution is -0.144. The fourth-order valence-electron chi connectivity index (χ4n) is 4.46. The normalized spacial score (nSPS) is 18.9. The van der Waals surface area contributed by atoms with Crippen molar-refractivity contribution in [1.82, 2.24) is 20.5 Å². The fraction of sp³-hybridized carbons (Fsp3) is 0.520. The van der Waals surface area contributed by atoms with Crippen LogP contribution in [0.1, 0.15) is 38.7 Å². The summed E-state index contributed by atoms with van der Waals surface area (Å²) in [5.74, 6) is -2.59. The zero-order valence-electron chi connectivity index (χ0n) is 20.6. The number of amides is 3. The number of aromatic nitrogens is 1. The number of carbonyl (C=O) groups excluding carboxylic acids is 3. The molecule has 0 bridgehead atoms. The van der Waals surface area contributed by atoms with Crippen LogP contribution in [0.3, 0.4) is 0 Å². The number of fused-ring (bicyclic) bond motifs is 1. The van der Waals surface area contributed by atoms with Crippen molar-refractivity contribution in [2.75, 3.05) is 12.3 Å². The first-order valence-electron chi connectivity index (χ1n) is 12.2. The Kier molecular flexibility index (Phi) is 9.38. The Morgan fingerprint density at radius 3 is 2.61 bits per heavy atom. The second-order valence-electron chi connectivity index (χ2n) is 9.31. The molecule has 2 aromatic rings. The summed E-state index contributed by atoms with van der Waals surface area (Å²) in [6.07, 6.45) is 3.53. The zero-order valence-corrected chi connectivity index (χ0v) is 21.5. The minimum Gasteiger partial charge on any atom is -0.480 e. The number of thiol groups is 1. The Morgan fingerprint density at radius 2 is 1.94 bits per heavy atom. The molecule has 0 aliphatic carbocycles. The van der Waals surface area contributed by atoms with Crippen molar-refractivity contribution in [3.8, 4) is 0 Å². The van der Waals surface area contributed by atoms with Crippen LogP contribution in [0.4, 0.5) is 0 Å². The summed E-state index contributed by atoms with van der Waals surface area (Å²) >= 11 is 4.22. The molecule has 1 aromatic carbocycles. The van der Waals surface area contributed by atoms with Crippen LogP contribution >= 0.6 is 12.6 Å². The quantitative estimate of drug-likeness (QED) is 0.245. The monoisotopic (exact) mass is 517 g/mol. The maximum absolute atomic E-state index is 13.2. The van der Waals surface area contributed by atoms with Crippen molar-refractivity contribution in [2.24, 2.45) is 11.7 Å². The van der Waals surface area contributed by atoms with Gasteiger partial charge in [-0.2, -0.15) is 12.6 Å². The maximum Gasteiger partial charge on any atom is 0.326 e. The van der Waals surface area contributed by atoms with E-state index in [1.165, 1.54) is 4.90 Å². The van der Waals surface area contributed by atoms with Gasteiger partial charge < -0.3 is 31.4 Å². The van der Waals surface area contributed by atoms with E-state index >= 15 is 0 Å². The van der Waals surface area contributed by atoms with E-state index in [4.69, 9.17) is 5.73 Å². The summed E-state index contributed by atoms with van der Waals surface area (Å²) < 4.78 is 0. The predicted octanol–water partition coefficient (Wildman–Crippen LogP) is 1.06. The van der Waals surface area contributed by atoms with Crippen molar-refractivity contribution in [3.63, 3.8) is 0 Å². The molecule has 0 saturated carbocycles. The van der Waals surface area contributed by atoms with Gasteiger partial charge in [-0.15, -0.1) is 0 Å². The number of H-pyrrole nitrogens is 1. The highest BCUT2D eigenvalue weighted by Gasteiger charge is 2.39. The highest BCUT2D eigenvalue weighted by Crippen LogP contribution is 2.21. The van der Waals surface area contributed by atoms with E-state index in [0.29, 0.717) is 25.8 Å². The van der Waals surface area contributed by atoms with Crippen LogP contribution in [0, 0.1) is 5.92 Å². The molecule has 0 spiro atoms. The van der Waals surface area contributed by atoms with Gasteiger partial charge in [0.05, 0.1) is 6.04 Å². The van der Waals surface area contributed by atoms with Crippen LogP contribution in [0.2, 0.25) is 0 Å². The number of benzene rings is 1. The number of hydrogen-bond donors (Lipinski definition) is 6. The lowest BCUT2D eigenvalue weighted by Crippen LogP contribution is -2.58. The van der Waals surface area contributed by atoms with Gasteiger partial charge in [0, 0.05) is 35.8 Å². The molecule has 10 nitrogen and oxygen atoms in total. The minimum atomic E-state index is -1.16. The second kappa shape index (κ2) is 12.3. The molecule has 1 saturated heterocycles. The molecule has 0 radical (unpaired) electrons. The van der Waals surface area contributed by atoms with Crippen LogP contribution in [-0.2, 0) is 25.6 Å². The molecule has 1 fully saturated rings. The minimum absolute atomic E-state index is 0.0426. The second-order valence-corrected chi connectivity index (χ2v) is 9.67. The number of carboxylic acids is 1. The van der Waals surface area contributed by atoms with E-state index in [1.54, 1.807) is 6.20 Å². The van der Waals surface area contributed by atoms with E-state index in [2.05, 4.69) is 28.2 Å². The highest BCUT2D eigenvalue weighted by atomic mass is 32.1. The van der Waals surface area contributed by atoms with Crippen LogP contribution in [-0.4, -0.2) is 75.1 Å². The van der Waals surface area contributed by atoms with Gasteiger partial charge in [0.2, 0.25) is 17.7 Å². The van der Waals surface area contributed by atoms with E-state index in [0.717, 1.165) is 16.5 Å². The number of aromatic amines is 1. The summed E-state index contributed by atoms with van der Waals surface area (Å²) in [6, 6.07) is 3.83. The number of aliphatic carboxylic acids is 1. The summed E-state index contributed by atoms with van der Waals surface area (Å²) in [5, 5.41) is 15.9. The topological polar surface area (TPSA) is 158 Å². The lowest BCUT2D eigenvalue weighted by Gasteiger charge is -2.29. The summed E-state index contributed by atoms with van der Waals surface area (Å²) in [6.45, 7) is 4.11. The van der Waals surface area contributed by atoms with Crippen molar-refractivity contribution >= 4 is 47.2 Å². The first-order valence-corrected chi connectivity index (χ1v) is 12.9. The van der Waals surface area contributed by atoms with Gasteiger partial charge >= 0.3 is 5.97 Å². The Morgan fingerprint density at radius 1 is 1.22 bits per heavy atom. The summed E-state index contributed by atoms with van der Waals surface area (Å²) in [7, 11) is 0. The van der Waals surface area contributed by atoms with Crippen molar-refractivity contribution in [1.29, 1.82) is 0 Å². The number of hydrogen-bond acceptors (Lipinski definition) is 6. The third-order valence-electron chi connectivity index (χ3n) is 6.91. The number of carbonyl (C=O) groups is 4. The Hall–Kier alpha value is -3.05. The third kappa shape index (κ3) is 6.19. The van der Waals surface area contributed by atoms with Crippen molar-refractivity contribution in [3.05, 3.63) is 36.0 Å². The number of nitrogens with one attached hydrogen (secondary N) is 3. The largest absolute Gasteiger partial charge is 0.480 e. The van der Waals surface area contributed by atoms with Gasteiger partial charge in [0.25, 0.3) is 0 Å². The van der Waals surface area contributed by atoms with E-state index in [-0.39, 0.29) is 18.1 Å². The van der Waals surface area contributed by atoms with Gasteiger partial charge in [-0.1, -0.05) is 38.5 Å². The molecule has 3 amide bonds. The van der Waals surface area contributed by atoms with Gasteiger partial charge in [0.1, 0.15) is 18.1 Å². The predicted molar refractivity (Wildman–Crippen MR) is 140 cm³/mol. The molecule has 36 heavy (non-hydrogen) atoms. The Bertz CT molecular complexity index is 1110. The molecule has 1 aliphatic heterocycles. The number of nitrogens with two attached hydrogens (primary N) is 1. The molecule has 3 rings (SSSR count). The highest BCUT2D eigenvalue weighted by molar-refractivity contribution is 7.80. The number of rotatable bonds is 11. The zero-order chi connectivity index (χ0) is 26.4. The Balaban J connectivity index is 1.68. The molecule has 5 atom stereocenters. The molecule has 196 valence electrons. The molecule has 11 heteroatoms. The van der Waals surface area contributed by atoms with Gasteiger partial charge in [-0.3, -0.25) is 14.4 Å². The van der Waals surface area contributed by atoms with E-state index in [9.17, 15) is 24.3 Å². The van der Waals surface area contributed by atoms with Gasteiger partial charge in [-0.05, 0) is 30.4 Å². The van der Waals surface area contributed by atoms with Gasteiger partial charge in [-0.25, -0.2) is 4.79 Å². The number of carboxylic acid groups (broad SMARTS) is 1. The van der Waals surface area contributed by atoms with Crippen molar-refractivity contribution in [2.45, 2.75) is 63.7 Å². The average molecular weight is 518 g/mol. The van der Waals surface area contributed by atoms with Crippen LogP contribution < -0.4 is 16.4 Å². The van der Waals surface area contributed by atoms with Gasteiger partial charge in [0.15, 0.2) is 0 Å². The van der Waals surface area contributed by atoms with E-state index < -0.39 is 47.9 Å². The van der Waals surface area contributed by atoms with Crippen LogP contribution in [0.15, 0.2) is 30.5 Å². The SMILES string of the molecule is CCC(C)C(N)C(=O)NC(CS)C(=O)N1CCCC1C(=O)NC(Cc1c[nH]c2ccccc12)C(=O)O. The molecular weight excluding hydrogens is 482 g/mol. The maximum atomic E-state index is 13.2. The van der Waals surface area contributed by atoms with Crippen LogP contribution in [0.25, 0.3) is 10.9 Å². The molecular formula is C25H35N5O5S. The smallest absolute Gasteiger partial charge is 0.326 e. The third-order valence-corrected chi connectivity index (χ3v) is 7.27. The molecule has 5 unspecified atom stereocenters. The number of para-hydroxylation sites is 1. The number of nitrogens with zero attached hydrogens (tertiary/aromatic N) is 1. The summed E-state index contributed by atoms with van der Waals surface area (Å²) in [4.78, 5) is 55.4. The Labute approximate surface area is 215 Å². The molecule has 1 aromatic heterocycles. The molecule has 2 heterocycles. The lowest BCUT2D eigenvalue weighted by atomic mass is 9.99. The first kappa shape index (κ1) is 27.5. The van der Waals surface area contributed by atoms with Crippen LogP contribution in [0.5, 0.6) is 0 Å². The van der Waals surface area contributed by atoms with Crippen molar-refractivity contribution < 1.29 is 24.3 Å². The molecule has 1 aliphatic rings. The average Bonchev–Trinajstić information content (AvgIpc) is 3.53. The summed E-state index contributed by atoms with van der Waals surface area (Å²) in [5.41, 5.74) is 7.64. The standard InChI is InChI=1S/C25H35N5O5S/c1-3-14(2)21(26)23(32)29-19(13-36)24(33)30-10-6-9-20(30)22(31)28-18(25(34)35)11-15-12-27-17-8-5-4-7-16(15)17/h4-5,7-8,12,14,18-21,27,36H,3,6,9-11,13,26H2,1-2H3,(H,28,31)(H,29,32)(H,34,35). The fourth-order valence-corrected chi connectivity index (χ4v) is 4.70. The molecule has 6 N–H and O–H groups in total. The van der Waals surface area contributed by atoms with E-state index in [1.807, 2.05) is 38.1 Å².